The SMILES string of the molecule is O=C(c1ccc(Cl)c(S(=O)(=O)NCC2CCCO2)c1)N1CCN(c2ccc(Cl)cc2)CC1. The Morgan fingerprint density at radius 2 is 1.78 bits per heavy atom. The van der Waals surface area contributed by atoms with E-state index in [0.717, 1.165) is 18.5 Å². The van der Waals surface area contributed by atoms with Crippen LogP contribution in [-0.2, 0) is 14.8 Å². The number of sulfonamides is 1. The second-order valence-electron chi connectivity index (χ2n) is 7.89. The number of carbonyl (C=O) groups excluding carboxylic acids is 1. The minimum absolute atomic E-state index is 0.0777. The van der Waals surface area contributed by atoms with Crippen molar-refractivity contribution in [2.24, 2.45) is 0 Å². The first-order valence-electron chi connectivity index (χ1n) is 10.5. The molecule has 0 aromatic heterocycles. The van der Waals surface area contributed by atoms with Crippen molar-refractivity contribution in [3.63, 3.8) is 0 Å². The molecule has 32 heavy (non-hydrogen) atoms. The van der Waals surface area contributed by atoms with Crippen LogP contribution in [0.25, 0.3) is 0 Å². The molecule has 2 fully saturated rings. The summed E-state index contributed by atoms with van der Waals surface area (Å²) in [5, 5.41) is 0.760. The summed E-state index contributed by atoms with van der Waals surface area (Å²) in [6.07, 6.45) is 1.60. The van der Waals surface area contributed by atoms with E-state index in [1.54, 1.807) is 11.0 Å². The summed E-state index contributed by atoms with van der Waals surface area (Å²) < 4.78 is 33.6. The summed E-state index contributed by atoms with van der Waals surface area (Å²) >= 11 is 12.1. The second kappa shape index (κ2) is 9.97. The molecule has 1 atom stereocenters. The number of amides is 1. The summed E-state index contributed by atoms with van der Waals surface area (Å²) in [7, 11) is -3.87. The molecule has 1 unspecified atom stereocenters. The van der Waals surface area contributed by atoms with Gasteiger partial charge in [0.2, 0.25) is 10.0 Å². The highest BCUT2D eigenvalue weighted by atomic mass is 35.5. The molecule has 2 aromatic carbocycles. The molecular weight excluding hydrogens is 473 g/mol. The van der Waals surface area contributed by atoms with Crippen molar-refractivity contribution >= 4 is 44.8 Å². The normalized spacial score (nSPS) is 19.4. The van der Waals surface area contributed by atoms with Crippen molar-refractivity contribution in [1.29, 1.82) is 0 Å². The molecule has 0 saturated carbocycles. The monoisotopic (exact) mass is 497 g/mol. The fourth-order valence-corrected chi connectivity index (χ4v) is 5.65. The van der Waals surface area contributed by atoms with Crippen LogP contribution in [0.2, 0.25) is 10.0 Å². The van der Waals surface area contributed by atoms with E-state index in [1.807, 2.05) is 24.3 Å². The molecule has 2 heterocycles. The molecule has 10 heteroatoms. The van der Waals surface area contributed by atoms with Crippen molar-refractivity contribution in [2.45, 2.75) is 23.8 Å². The van der Waals surface area contributed by atoms with Crippen LogP contribution in [0.15, 0.2) is 47.4 Å². The largest absolute Gasteiger partial charge is 0.377 e. The van der Waals surface area contributed by atoms with Crippen molar-refractivity contribution in [3.8, 4) is 0 Å². The van der Waals surface area contributed by atoms with Gasteiger partial charge in [-0.05, 0) is 55.3 Å². The molecule has 1 N–H and O–H groups in total. The highest BCUT2D eigenvalue weighted by molar-refractivity contribution is 7.89. The summed E-state index contributed by atoms with van der Waals surface area (Å²) in [5.41, 5.74) is 1.35. The average Bonchev–Trinajstić information content (AvgIpc) is 3.32. The van der Waals surface area contributed by atoms with Crippen molar-refractivity contribution in [2.75, 3.05) is 44.2 Å². The fourth-order valence-electron chi connectivity index (χ4n) is 3.93. The van der Waals surface area contributed by atoms with Gasteiger partial charge in [-0.2, -0.15) is 0 Å². The van der Waals surface area contributed by atoms with Gasteiger partial charge in [0, 0.05) is 55.6 Å². The third-order valence-electron chi connectivity index (χ3n) is 5.75. The van der Waals surface area contributed by atoms with Crippen LogP contribution in [0.4, 0.5) is 5.69 Å². The van der Waals surface area contributed by atoms with Crippen LogP contribution in [0.3, 0.4) is 0 Å². The first-order chi connectivity index (χ1) is 15.3. The first-order valence-corrected chi connectivity index (χ1v) is 12.8. The molecule has 1 amide bonds. The van der Waals surface area contributed by atoms with Gasteiger partial charge in [-0.3, -0.25) is 4.79 Å². The van der Waals surface area contributed by atoms with Gasteiger partial charge < -0.3 is 14.5 Å². The number of nitrogens with one attached hydrogen (secondary N) is 1. The number of hydrogen-bond donors (Lipinski definition) is 1. The Morgan fingerprint density at radius 1 is 1.06 bits per heavy atom. The standard InChI is InChI=1S/C22H25Cl2N3O4S/c23-17-4-6-18(7-5-17)26-9-11-27(12-10-26)22(28)16-3-8-20(24)21(14-16)32(29,30)25-15-19-2-1-13-31-19/h3-8,14,19,25H,1-2,9-13,15H2. The van der Waals surface area contributed by atoms with Gasteiger partial charge in [-0.1, -0.05) is 23.2 Å². The van der Waals surface area contributed by atoms with Crippen molar-refractivity contribution < 1.29 is 17.9 Å². The number of nitrogens with zero attached hydrogens (tertiary/aromatic N) is 2. The Hall–Kier alpha value is -1.84. The molecule has 2 aromatic rings. The quantitative estimate of drug-likeness (QED) is 0.661. The maximum atomic E-state index is 13.1. The second-order valence-corrected chi connectivity index (χ2v) is 10.5. The molecule has 2 aliphatic heterocycles. The highest BCUT2D eigenvalue weighted by Gasteiger charge is 2.26. The van der Waals surface area contributed by atoms with Crippen molar-refractivity contribution in [3.05, 3.63) is 58.1 Å². The topological polar surface area (TPSA) is 78.9 Å². The number of carbonyl (C=O) groups is 1. The van der Waals surface area contributed by atoms with Gasteiger partial charge in [0.25, 0.3) is 5.91 Å². The molecule has 0 radical (unpaired) electrons. The summed E-state index contributed by atoms with van der Waals surface area (Å²) in [4.78, 5) is 16.9. The van der Waals surface area contributed by atoms with E-state index < -0.39 is 10.0 Å². The molecule has 0 spiro atoms. The Kier molecular flexibility index (Phi) is 7.27. The van der Waals surface area contributed by atoms with Crippen LogP contribution in [-0.4, -0.2) is 64.7 Å². The lowest BCUT2D eigenvalue weighted by molar-refractivity contribution is 0.0746. The first kappa shape index (κ1) is 23.3. The Labute approximate surface area is 198 Å². The molecule has 172 valence electrons. The predicted octanol–water partition coefficient (Wildman–Crippen LogP) is 3.41. The molecular formula is C22H25Cl2N3O4S. The third-order valence-corrected chi connectivity index (χ3v) is 7.91. The van der Waals surface area contributed by atoms with Crippen LogP contribution in [0.1, 0.15) is 23.2 Å². The van der Waals surface area contributed by atoms with E-state index in [9.17, 15) is 13.2 Å². The van der Waals surface area contributed by atoms with Gasteiger partial charge in [0.15, 0.2) is 0 Å². The number of benzene rings is 2. The van der Waals surface area contributed by atoms with E-state index in [0.29, 0.717) is 43.4 Å². The number of halogens is 2. The van der Waals surface area contributed by atoms with Crippen molar-refractivity contribution in [1.82, 2.24) is 9.62 Å². The smallest absolute Gasteiger partial charge is 0.254 e. The average molecular weight is 498 g/mol. The summed E-state index contributed by atoms with van der Waals surface area (Å²) in [6, 6.07) is 12.0. The fraction of sp³-hybridized carbons (Fsp3) is 0.409. The highest BCUT2D eigenvalue weighted by Crippen LogP contribution is 2.25. The molecule has 0 bridgehead atoms. The molecule has 7 nitrogen and oxygen atoms in total. The van der Waals surface area contributed by atoms with Gasteiger partial charge >= 0.3 is 0 Å². The van der Waals surface area contributed by atoms with E-state index in [2.05, 4.69) is 9.62 Å². The molecule has 0 aliphatic carbocycles. The van der Waals surface area contributed by atoms with Gasteiger partial charge in [0.1, 0.15) is 4.90 Å². The van der Waals surface area contributed by atoms with E-state index in [-0.39, 0.29) is 28.5 Å². The Bertz CT molecular complexity index is 1070. The zero-order valence-electron chi connectivity index (χ0n) is 17.5. The maximum absolute atomic E-state index is 13.1. The number of hydrogen-bond acceptors (Lipinski definition) is 5. The number of rotatable bonds is 6. The zero-order chi connectivity index (χ0) is 22.7. The lowest BCUT2D eigenvalue weighted by Gasteiger charge is -2.36. The zero-order valence-corrected chi connectivity index (χ0v) is 19.8. The Morgan fingerprint density at radius 3 is 2.44 bits per heavy atom. The predicted molar refractivity (Wildman–Crippen MR) is 125 cm³/mol. The minimum atomic E-state index is -3.87. The van der Waals surface area contributed by atoms with E-state index in [4.69, 9.17) is 27.9 Å². The van der Waals surface area contributed by atoms with Crippen LogP contribution in [0.5, 0.6) is 0 Å². The Balaban J connectivity index is 1.42. The van der Waals surface area contributed by atoms with Crippen LogP contribution in [0, 0.1) is 0 Å². The third kappa shape index (κ3) is 5.38. The molecule has 2 saturated heterocycles. The summed E-state index contributed by atoms with van der Waals surface area (Å²) in [5.74, 6) is -0.215. The lowest BCUT2D eigenvalue weighted by Crippen LogP contribution is -2.48. The van der Waals surface area contributed by atoms with Crippen LogP contribution >= 0.6 is 23.2 Å². The van der Waals surface area contributed by atoms with Gasteiger partial charge in [-0.15, -0.1) is 0 Å². The minimum Gasteiger partial charge on any atom is -0.377 e. The maximum Gasteiger partial charge on any atom is 0.254 e. The number of anilines is 1. The van der Waals surface area contributed by atoms with Crippen LogP contribution < -0.4 is 9.62 Å². The number of piperazine rings is 1. The number of ether oxygens (including phenoxy) is 1. The summed E-state index contributed by atoms with van der Waals surface area (Å²) in [6.45, 7) is 3.24. The molecule has 4 rings (SSSR count). The van der Waals surface area contributed by atoms with Gasteiger partial charge in [0.05, 0.1) is 11.1 Å². The molecule has 2 aliphatic rings. The van der Waals surface area contributed by atoms with E-state index >= 15 is 0 Å². The lowest BCUT2D eigenvalue weighted by atomic mass is 10.1. The van der Waals surface area contributed by atoms with Gasteiger partial charge in [-0.25, -0.2) is 13.1 Å². The van der Waals surface area contributed by atoms with E-state index in [1.165, 1.54) is 12.1 Å².